The summed E-state index contributed by atoms with van der Waals surface area (Å²) in [6, 6.07) is 10.9. The second kappa shape index (κ2) is 8.74. The Morgan fingerprint density at radius 2 is 1.94 bits per heavy atom. The summed E-state index contributed by atoms with van der Waals surface area (Å²) in [7, 11) is 0. The van der Waals surface area contributed by atoms with E-state index in [0.717, 1.165) is 22.9 Å². The van der Waals surface area contributed by atoms with Crippen LogP contribution < -0.4 is 14.8 Å². The standard InChI is InChI=1S/C25H21F2N3O4/c1-14-6-17(4-5-28-14)16-2-3-22(20(27)7-16)33-12-15-10-30(11-15)25(32)18-8-21-23(9-19(18)26)34-13-24(31)29-21/h2-9,15H,10-13H2,1H3,(H,29,31). The SMILES string of the molecule is Cc1cc(-c2ccc(OCC3CN(C(=O)c4cc5c(cc4F)OCC(=O)N5)C3)c(F)c2)ccn1. The number of likely N-dealkylation sites (tertiary alicyclic amines) is 1. The lowest BCUT2D eigenvalue weighted by Crippen LogP contribution is -2.52. The molecule has 2 aliphatic rings. The number of carbonyl (C=O) groups is 2. The third kappa shape index (κ3) is 4.28. The van der Waals surface area contributed by atoms with Gasteiger partial charge >= 0.3 is 0 Å². The molecule has 1 aromatic heterocycles. The molecule has 174 valence electrons. The highest BCUT2D eigenvalue weighted by molar-refractivity contribution is 6.00. The number of fused-ring (bicyclic) bond motifs is 1. The Kier molecular flexibility index (Phi) is 5.61. The number of aryl methyl sites for hydroxylation is 1. The summed E-state index contributed by atoms with van der Waals surface area (Å²) in [4.78, 5) is 29.8. The first kappa shape index (κ1) is 21.8. The average Bonchev–Trinajstić information content (AvgIpc) is 2.78. The van der Waals surface area contributed by atoms with Crippen molar-refractivity contribution in [3.63, 3.8) is 0 Å². The summed E-state index contributed by atoms with van der Waals surface area (Å²) in [5, 5.41) is 2.57. The summed E-state index contributed by atoms with van der Waals surface area (Å²) in [5.74, 6) is -1.72. The van der Waals surface area contributed by atoms with Crippen LogP contribution in [0.3, 0.4) is 0 Å². The van der Waals surface area contributed by atoms with E-state index in [1.165, 1.54) is 17.0 Å². The zero-order valence-electron chi connectivity index (χ0n) is 18.3. The molecule has 3 aromatic rings. The molecule has 0 atom stereocenters. The summed E-state index contributed by atoms with van der Waals surface area (Å²) >= 11 is 0. The second-order valence-electron chi connectivity index (χ2n) is 8.38. The zero-order valence-corrected chi connectivity index (χ0v) is 18.3. The monoisotopic (exact) mass is 465 g/mol. The molecule has 0 radical (unpaired) electrons. The first-order valence-electron chi connectivity index (χ1n) is 10.8. The molecular formula is C25H21F2N3O4. The van der Waals surface area contributed by atoms with Gasteiger partial charge in [-0.2, -0.15) is 0 Å². The Labute approximate surface area is 194 Å². The van der Waals surface area contributed by atoms with Gasteiger partial charge in [0.25, 0.3) is 11.8 Å². The zero-order chi connectivity index (χ0) is 23.8. The smallest absolute Gasteiger partial charge is 0.262 e. The average molecular weight is 465 g/mol. The minimum Gasteiger partial charge on any atom is -0.490 e. The van der Waals surface area contributed by atoms with Gasteiger partial charge < -0.3 is 19.7 Å². The highest BCUT2D eigenvalue weighted by atomic mass is 19.1. The number of rotatable bonds is 5. The van der Waals surface area contributed by atoms with Crippen LogP contribution in [-0.2, 0) is 4.79 Å². The Balaban J connectivity index is 1.18. The molecular weight excluding hydrogens is 444 g/mol. The number of benzene rings is 2. The molecule has 0 spiro atoms. The number of anilines is 1. The maximum atomic E-state index is 14.6. The van der Waals surface area contributed by atoms with E-state index < -0.39 is 17.5 Å². The minimum atomic E-state index is -0.717. The van der Waals surface area contributed by atoms with Crippen molar-refractivity contribution < 1.29 is 27.8 Å². The molecule has 1 N–H and O–H groups in total. The molecule has 1 saturated heterocycles. The van der Waals surface area contributed by atoms with E-state index in [4.69, 9.17) is 9.47 Å². The molecule has 0 bridgehead atoms. The van der Waals surface area contributed by atoms with E-state index in [1.54, 1.807) is 18.3 Å². The van der Waals surface area contributed by atoms with Gasteiger partial charge in [-0.1, -0.05) is 6.07 Å². The molecule has 7 nitrogen and oxygen atoms in total. The largest absolute Gasteiger partial charge is 0.490 e. The van der Waals surface area contributed by atoms with Crippen molar-refractivity contribution in [2.45, 2.75) is 6.92 Å². The number of halogens is 2. The molecule has 0 aliphatic carbocycles. The van der Waals surface area contributed by atoms with Crippen LogP contribution in [0.15, 0.2) is 48.7 Å². The predicted molar refractivity (Wildman–Crippen MR) is 120 cm³/mol. The van der Waals surface area contributed by atoms with Crippen LogP contribution in [0.1, 0.15) is 16.1 Å². The molecule has 9 heteroatoms. The Hall–Kier alpha value is -4.01. The first-order chi connectivity index (χ1) is 16.4. The summed E-state index contributed by atoms with van der Waals surface area (Å²) in [5.41, 5.74) is 2.56. The van der Waals surface area contributed by atoms with E-state index in [9.17, 15) is 18.4 Å². The highest BCUT2D eigenvalue weighted by Gasteiger charge is 2.34. The number of hydrogen-bond acceptors (Lipinski definition) is 5. The molecule has 3 heterocycles. The number of amides is 2. The summed E-state index contributed by atoms with van der Waals surface area (Å²) < 4.78 is 39.8. The molecule has 2 aromatic carbocycles. The molecule has 1 fully saturated rings. The fraction of sp³-hybridized carbons (Fsp3) is 0.240. The van der Waals surface area contributed by atoms with Gasteiger partial charge in [-0.15, -0.1) is 0 Å². The van der Waals surface area contributed by atoms with Crippen molar-refractivity contribution in [3.05, 3.63) is 71.6 Å². The topological polar surface area (TPSA) is 80.8 Å². The van der Waals surface area contributed by atoms with Crippen LogP contribution in [0.2, 0.25) is 0 Å². The van der Waals surface area contributed by atoms with E-state index in [0.29, 0.717) is 13.1 Å². The van der Waals surface area contributed by atoms with E-state index in [-0.39, 0.29) is 47.8 Å². The second-order valence-corrected chi connectivity index (χ2v) is 8.38. The number of ether oxygens (including phenoxy) is 2. The van der Waals surface area contributed by atoms with Crippen LogP contribution in [0, 0.1) is 24.5 Å². The quantitative estimate of drug-likeness (QED) is 0.620. The molecule has 0 saturated carbocycles. The van der Waals surface area contributed by atoms with Gasteiger partial charge in [-0.3, -0.25) is 14.6 Å². The number of aromatic nitrogens is 1. The molecule has 5 rings (SSSR count). The summed E-state index contributed by atoms with van der Waals surface area (Å²) in [6.07, 6.45) is 1.68. The lowest BCUT2D eigenvalue weighted by Gasteiger charge is -2.39. The normalized spacial score (nSPS) is 15.1. The molecule has 2 amide bonds. The van der Waals surface area contributed by atoms with Gasteiger partial charge in [0.1, 0.15) is 11.6 Å². The van der Waals surface area contributed by atoms with E-state index in [2.05, 4.69) is 10.3 Å². The van der Waals surface area contributed by atoms with Gasteiger partial charge in [-0.25, -0.2) is 8.78 Å². The third-order valence-electron chi connectivity index (χ3n) is 5.81. The molecule has 2 aliphatic heterocycles. The van der Waals surface area contributed by atoms with Crippen LogP contribution in [0.4, 0.5) is 14.5 Å². The number of pyridine rings is 1. The maximum Gasteiger partial charge on any atom is 0.262 e. The van der Waals surface area contributed by atoms with Crippen molar-refractivity contribution in [2.75, 3.05) is 31.6 Å². The number of nitrogens with one attached hydrogen (secondary N) is 1. The number of carbonyl (C=O) groups excluding carboxylic acids is 2. The van der Waals surface area contributed by atoms with Gasteiger partial charge in [-0.05, 0) is 48.4 Å². The maximum absolute atomic E-state index is 14.6. The van der Waals surface area contributed by atoms with Gasteiger partial charge in [0.05, 0.1) is 17.9 Å². The minimum absolute atomic E-state index is 0.00500. The van der Waals surface area contributed by atoms with E-state index >= 15 is 0 Å². The van der Waals surface area contributed by atoms with Crippen molar-refractivity contribution in [1.82, 2.24) is 9.88 Å². The lowest BCUT2D eigenvalue weighted by atomic mass is 9.99. The van der Waals surface area contributed by atoms with Gasteiger partial charge in [0, 0.05) is 37.0 Å². The fourth-order valence-electron chi connectivity index (χ4n) is 4.01. The third-order valence-corrected chi connectivity index (χ3v) is 5.81. The van der Waals surface area contributed by atoms with Crippen molar-refractivity contribution >= 4 is 17.5 Å². The first-order valence-corrected chi connectivity index (χ1v) is 10.8. The van der Waals surface area contributed by atoms with Crippen LogP contribution in [0.5, 0.6) is 11.5 Å². The van der Waals surface area contributed by atoms with Crippen LogP contribution >= 0.6 is 0 Å². The van der Waals surface area contributed by atoms with Crippen LogP contribution in [-0.4, -0.2) is 48.0 Å². The van der Waals surface area contributed by atoms with Crippen LogP contribution in [0.25, 0.3) is 11.1 Å². The number of hydrogen-bond donors (Lipinski definition) is 1. The van der Waals surface area contributed by atoms with Crippen molar-refractivity contribution in [2.24, 2.45) is 5.92 Å². The number of nitrogens with zero attached hydrogens (tertiary/aromatic N) is 2. The van der Waals surface area contributed by atoms with Crippen molar-refractivity contribution in [1.29, 1.82) is 0 Å². The fourth-order valence-corrected chi connectivity index (χ4v) is 4.01. The Bertz CT molecular complexity index is 1290. The predicted octanol–water partition coefficient (Wildman–Crippen LogP) is 3.82. The van der Waals surface area contributed by atoms with E-state index in [1.807, 2.05) is 19.1 Å². The molecule has 34 heavy (non-hydrogen) atoms. The van der Waals surface area contributed by atoms with Gasteiger partial charge in [0.2, 0.25) is 0 Å². The Morgan fingerprint density at radius 3 is 2.71 bits per heavy atom. The van der Waals surface area contributed by atoms with Gasteiger partial charge in [0.15, 0.2) is 18.2 Å². The lowest BCUT2D eigenvalue weighted by molar-refractivity contribution is -0.118. The highest BCUT2D eigenvalue weighted by Crippen LogP contribution is 2.32. The van der Waals surface area contributed by atoms with Crippen molar-refractivity contribution in [3.8, 4) is 22.6 Å². The summed E-state index contributed by atoms with van der Waals surface area (Å²) in [6.45, 7) is 2.61. The molecule has 0 unspecified atom stereocenters. The Morgan fingerprint density at radius 1 is 1.15 bits per heavy atom.